The van der Waals surface area contributed by atoms with E-state index in [1.807, 2.05) is 0 Å². The molecule has 0 unspecified atom stereocenters. The van der Waals surface area contributed by atoms with Gasteiger partial charge in [0.1, 0.15) is 140 Å². The molecule has 2 amide bonds. The number of aliphatic hydroxyl groups excluding tert-OH is 19. The first-order chi connectivity index (χ1) is 34.4. The highest BCUT2D eigenvalue weighted by atomic mass is 16.8. The van der Waals surface area contributed by atoms with Gasteiger partial charge < -0.3 is 155 Å². The molecule has 29 atom stereocenters. The van der Waals surface area contributed by atoms with Crippen LogP contribution in [0.2, 0.25) is 0 Å². The highest BCUT2D eigenvalue weighted by molar-refractivity contribution is 5.73. The van der Waals surface area contributed by atoms with Gasteiger partial charge in [-0.1, -0.05) is 0 Å². The van der Waals surface area contributed by atoms with E-state index in [1.54, 1.807) is 0 Å². The van der Waals surface area contributed by atoms with Gasteiger partial charge in [0.2, 0.25) is 11.8 Å². The van der Waals surface area contributed by atoms with E-state index in [1.165, 1.54) is 0 Å². The Hall–Kier alpha value is -2.22. The summed E-state index contributed by atoms with van der Waals surface area (Å²) in [5.41, 5.74) is 0. The van der Waals surface area contributed by atoms with Gasteiger partial charge in [0.15, 0.2) is 31.5 Å². The predicted octanol–water partition coefficient (Wildman–Crippen LogP) is -14.2. The number of hydrogen-bond acceptors (Lipinski definition) is 31. The quantitative estimate of drug-likeness (QED) is 0.0479. The highest BCUT2D eigenvalue weighted by Crippen LogP contribution is 2.35. The lowest BCUT2D eigenvalue weighted by Crippen LogP contribution is -2.69. The predicted molar refractivity (Wildman–Crippen MR) is 225 cm³/mol. The van der Waals surface area contributed by atoms with E-state index in [2.05, 4.69) is 10.6 Å². The summed E-state index contributed by atoms with van der Waals surface area (Å²) in [4.78, 5) is 24.3. The van der Waals surface area contributed by atoms with Crippen molar-refractivity contribution in [3.63, 3.8) is 0 Å². The van der Waals surface area contributed by atoms with Gasteiger partial charge in [-0.3, -0.25) is 9.59 Å². The molecule has 0 aromatic carbocycles. The lowest BCUT2D eigenvalue weighted by molar-refractivity contribution is -0.383. The van der Waals surface area contributed by atoms with Crippen molar-refractivity contribution < 1.29 is 154 Å². The molecule has 5 rings (SSSR count). The number of ether oxygens (including phenoxy) is 10. The molecule has 5 saturated heterocycles. The minimum absolute atomic E-state index is 0.740. The lowest BCUT2D eigenvalue weighted by atomic mass is 9.94. The number of rotatable bonds is 22. The average Bonchev–Trinajstić information content (AvgIpc) is 3.36. The van der Waals surface area contributed by atoms with Gasteiger partial charge in [-0.2, -0.15) is 0 Å². The number of nitrogens with one attached hydrogen (secondary N) is 2. The van der Waals surface area contributed by atoms with Crippen LogP contribution in [0.1, 0.15) is 13.8 Å². The summed E-state index contributed by atoms with van der Waals surface area (Å²) in [7, 11) is 0. The molecule has 5 aliphatic rings. The first-order valence-corrected chi connectivity index (χ1v) is 23.0. The second-order valence-electron chi connectivity index (χ2n) is 18.1. The topological polar surface area (TPSA) is 535 Å². The molecule has 0 aromatic rings. The SMILES string of the molecule is CC(=O)N[C@H]1[C@H](O[C@@H]([C@H](O)[C@H](CO)NC(C)=O)[C@H](O)CO)O[C@H](CO)[C@@H](O[C@@H]2O[C@H](CO[C@H]3O[C@H](CO[C@H]4O[C@H](CO)[C@@H](O)[C@H](O)[C@@H]4O)[C@@H](O)[C@H](O)[C@@H]3O)[C@@H](O)[C@H](O[C@H]3O[C@H](CO)[C@@H](O)[C@H](O)[C@@H]3O)[C@@H]2O)[C@@H]1O. The second kappa shape index (κ2) is 27.4. The number of carbonyl (C=O) groups excluding carboxylic acids is 2. The summed E-state index contributed by atoms with van der Waals surface area (Å²) in [6.45, 7) is -4.59. The van der Waals surface area contributed by atoms with Crippen molar-refractivity contribution in [1.29, 1.82) is 0 Å². The second-order valence-corrected chi connectivity index (χ2v) is 18.1. The Morgan fingerprint density at radius 1 is 0.466 bits per heavy atom. The summed E-state index contributed by atoms with van der Waals surface area (Å²) in [5, 5.41) is 206. The molecule has 33 nitrogen and oxygen atoms in total. The normalized spacial score (nSPS) is 45.2. The summed E-state index contributed by atoms with van der Waals surface area (Å²) >= 11 is 0. The van der Waals surface area contributed by atoms with Crippen LogP contribution in [0.25, 0.3) is 0 Å². The van der Waals surface area contributed by atoms with Crippen LogP contribution in [-0.4, -0.2) is 333 Å². The van der Waals surface area contributed by atoms with Gasteiger partial charge in [-0.25, -0.2) is 0 Å². The van der Waals surface area contributed by atoms with Crippen molar-refractivity contribution in [1.82, 2.24) is 10.6 Å². The Morgan fingerprint density at radius 2 is 0.890 bits per heavy atom. The van der Waals surface area contributed by atoms with E-state index in [9.17, 15) is 107 Å². The molecular formula is C40H70N2O31. The van der Waals surface area contributed by atoms with E-state index in [4.69, 9.17) is 47.4 Å². The van der Waals surface area contributed by atoms with Crippen molar-refractivity contribution in [2.75, 3.05) is 46.2 Å². The molecule has 0 aliphatic carbocycles. The molecule has 73 heavy (non-hydrogen) atoms. The Labute approximate surface area is 414 Å². The third-order valence-corrected chi connectivity index (χ3v) is 12.9. The number of aliphatic hydroxyl groups is 19. The van der Waals surface area contributed by atoms with Crippen molar-refractivity contribution >= 4 is 11.8 Å². The van der Waals surface area contributed by atoms with Crippen LogP contribution < -0.4 is 10.6 Å². The molecule has 33 heteroatoms. The molecule has 426 valence electrons. The van der Waals surface area contributed by atoms with Gasteiger partial charge >= 0.3 is 0 Å². The molecule has 0 aromatic heterocycles. The summed E-state index contributed by atoms with van der Waals surface area (Å²) in [6, 6.07) is -3.34. The van der Waals surface area contributed by atoms with E-state index < -0.39 is 236 Å². The molecule has 5 heterocycles. The molecular weight excluding hydrogens is 1000 g/mol. The minimum atomic E-state index is -2.28. The van der Waals surface area contributed by atoms with Gasteiger partial charge in [-0.05, 0) is 0 Å². The molecule has 5 aliphatic heterocycles. The summed E-state index contributed by atoms with van der Waals surface area (Å²) < 4.78 is 56.5. The third-order valence-electron chi connectivity index (χ3n) is 12.9. The van der Waals surface area contributed by atoms with Gasteiger partial charge in [0.25, 0.3) is 0 Å². The maximum atomic E-state index is 12.5. The van der Waals surface area contributed by atoms with Gasteiger partial charge in [0, 0.05) is 13.8 Å². The van der Waals surface area contributed by atoms with Gasteiger partial charge in [0.05, 0.1) is 52.3 Å². The zero-order valence-electron chi connectivity index (χ0n) is 39.1. The smallest absolute Gasteiger partial charge is 0.217 e. The molecule has 0 saturated carbocycles. The fraction of sp³-hybridized carbons (Fsp3) is 0.950. The van der Waals surface area contributed by atoms with Crippen LogP contribution in [-0.2, 0) is 57.0 Å². The van der Waals surface area contributed by atoms with Crippen LogP contribution in [0.15, 0.2) is 0 Å². The number of carbonyl (C=O) groups is 2. The van der Waals surface area contributed by atoms with Crippen molar-refractivity contribution in [3.8, 4) is 0 Å². The Bertz CT molecular complexity index is 1700. The Kier molecular flexibility index (Phi) is 23.1. The monoisotopic (exact) mass is 1070 g/mol. The first-order valence-electron chi connectivity index (χ1n) is 23.0. The van der Waals surface area contributed by atoms with Crippen molar-refractivity contribution in [2.24, 2.45) is 0 Å². The van der Waals surface area contributed by atoms with E-state index in [0.29, 0.717) is 0 Å². The van der Waals surface area contributed by atoms with Crippen LogP contribution in [0, 0.1) is 0 Å². The van der Waals surface area contributed by atoms with Gasteiger partial charge in [-0.15, -0.1) is 0 Å². The maximum Gasteiger partial charge on any atom is 0.217 e. The largest absolute Gasteiger partial charge is 0.394 e. The van der Waals surface area contributed by atoms with Crippen LogP contribution in [0.3, 0.4) is 0 Å². The first kappa shape index (κ1) is 61.6. The molecule has 5 fully saturated rings. The fourth-order valence-electron chi connectivity index (χ4n) is 8.71. The van der Waals surface area contributed by atoms with Crippen LogP contribution in [0.5, 0.6) is 0 Å². The number of amides is 2. The number of hydrogen-bond donors (Lipinski definition) is 21. The highest BCUT2D eigenvalue weighted by Gasteiger charge is 2.56. The standard InChI is InChI=1S/C40H70N2O31/c1-10(48)41-12(3-43)20(51)33(13(50)4-44)71-36-19(42-11(2)49)25(56)34(16(7-47)68-36)72-40-32(63)35(73-39-31(62)27(58)22(53)15(6-46)67-39)24(55)18(70-40)9-65-38-30(61)28(59)23(54)17(69-38)8-64-37-29(60)26(57)21(52)14(5-45)66-37/h12-40,43-47,50-63H,3-9H2,1-2H3,(H,41,48)(H,42,49)/t12-,13+,14+,15+,16+,17+,18+,19+,20+,21+,22+,23+,24+,25+,26-,27-,28-,29-,30-,31-,32-,33+,34+,35-,36-,37-,38-,39+,40-/m0/s1. The van der Waals surface area contributed by atoms with Crippen LogP contribution >= 0.6 is 0 Å². The summed E-state index contributed by atoms with van der Waals surface area (Å²) in [6.07, 6.45) is -52.4. The molecule has 0 bridgehead atoms. The Balaban J connectivity index is 1.40. The Morgan fingerprint density at radius 3 is 1.37 bits per heavy atom. The van der Waals surface area contributed by atoms with E-state index >= 15 is 0 Å². The maximum absolute atomic E-state index is 12.5. The third kappa shape index (κ3) is 14.3. The minimum Gasteiger partial charge on any atom is -0.394 e. The zero-order chi connectivity index (χ0) is 54.3. The average molecular weight is 1070 g/mol. The van der Waals surface area contributed by atoms with E-state index in [0.717, 1.165) is 13.8 Å². The molecule has 21 N–H and O–H groups in total. The molecule has 0 spiro atoms. The summed E-state index contributed by atoms with van der Waals surface area (Å²) in [5.74, 6) is -1.61. The van der Waals surface area contributed by atoms with Crippen molar-refractivity contribution in [2.45, 2.75) is 192 Å². The van der Waals surface area contributed by atoms with Crippen LogP contribution in [0.4, 0.5) is 0 Å². The lowest BCUT2D eigenvalue weighted by Gasteiger charge is -2.49. The zero-order valence-corrected chi connectivity index (χ0v) is 39.1. The molecule has 0 radical (unpaired) electrons. The fourth-order valence-corrected chi connectivity index (χ4v) is 8.71. The van der Waals surface area contributed by atoms with E-state index in [-0.39, 0.29) is 0 Å². The van der Waals surface area contributed by atoms with Crippen molar-refractivity contribution in [3.05, 3.63) is 0 Å².